The Morgan fingerprint density at radius 3 is 2.55 bits per heavy atom. The van der Waals surface area contributed by atoms with Crippen molar-refractivity contribution in [3.8, 4) is 0 Å². The van der Waals surface area contributed by atoms with Gasteiger partial charge in [0.05, 0.1) is 8.80 Å². The Balaban J connectivity index is 2.57. The molecule has 0 aliphatic carbocycles. The second-order valence-electron chi connectivity index (χ2n) is 2.71. The van der Waals surface area contributed by atoms with Gasteiger partial charge in [-0.15, -0.1) is 12.3 Å². The molecule has 0 aliphatic heterocycles. The third-order valence-corrected chi connectivity index (χ3v) is 3.34. The lowest BCUT2D eigenvalue weighted by Crippen LogP contribution is -2.07. The maximum absolute atomic E-state index is 3.80. The molecule has 0 aliphatic rings. The highest BCUT2D eigenvalue weighted by Crippen LogP contribution is 2.01. The topological polar surface area (TPSA) is 0 Å². The summed E-state index contributed by atoms with van der Waals surface area (Å²) >= 11 is 0. The lowest BCUT2D eigenvalue weighted by Gasteiger charge is -2.02. The van der Waals surface area contributed by atoms with E-state index in [2.05, 4.69) is 49.2 Å². The highest BCUT2D eigenvalue weighted by Gasteiger charge is 1.98. The zero-order valence-electron chi connectivity index (χ0n) is 6.88. The standard InChI is InChI=1S/C10H13Si/c1-3-11(2)9-10-7-5-4-6-8-10/h3-8H,1,9H2,2H3. The molecule has 0 heterocycles. The van der Waals surface area contributed by atoms with Crippen LogP contribution in [0.1, 0.15) is 5.56 Å². The van der Waals surface area contributed by atoms with Crippen LogP contribution in [0.4, 0.5) is 0 Å². The largest absolute Gasteiger partial charge is 0.107 e. The van der Waals surface area contributed by atoms with Gasteiger partial charge in [-0.3, -0.25) is 0 Å². The van der Waals surface area contributed by atoms with Crippen LogP contribution in [0.15, 0.2) is 42.6 Å². The van der Waals surface area contributed by atoms with Crippen LogP contribution in [-0.2, 0) is 6.04 Å². The highest BCUT2D eigenvalue weighted by atomic mass is 28.3. The summed E-state index contributed by atoms with van der Waals surface area (Å²) in [4.78, 5) is 0. The zero-order valence-corrected chi connectivity index (χ0v) is 7.88. The monoisotopic (exact) mass is 161 g/mol. The second kappa shape index (κ2) is 4.14. The minimum absolute atomic E-state index is 0.317. The van der Waals surface area contributed by atoms with Gasteiger partial charge in [0, 0.05) is 0 Å². The van der Waals surface area contributed by atoms with E-state index in [1.807, 2.05) is 0 Å². The lowest BCUT2D eigenvalue weighted by atomic mass is 10.2. The Morgan fingerprint density at radius 1 is 1.36 bits per heavy atom. The first kappa shape index (κ1) is 8.28. The van der Waals surface area contributed by atoms with Crippen LogP contribution in [0, 0.1) is 0 Å². The van der Waals surface area contributed by atoms with Crippen LogP contribution in [-0.4, -0.2) is 8.80 Å². The van der Waals surface area contributed by atoms with E-state index in [1.165, 1.54) is 11.6 Å². The zero-order chi connectivity index (χ0) is 8.10. The first-order valence-electron chi connectivity index (χ1n) is 3.81. The van der Waals surface area contributed by atoms with Crippen molar-refractivity contribution < 1.29 is 0 Å². The van der Waals surface area contributed by atoms with E-state index in [0.29, 0.717) is 0 Å². The lowest BCUT2D eigenvalue weighted by molar-refractivity contribution is 1.36. The molecule has 1 heteroatoms. The van der Waals surface area contributed by atoms with Crippen molar-refractivity contribution in [2.24, 2.45) is 0 Å². The van der Waals surface area contributed by atoms with E-state index >= 15 is 0 Å². The molecule has 0 amide bonds. The molecule has 1 rings (SSSR count). The minimum atomic E-state index is -0.317. The Morgan fingerprint density at radius 2 is 2.00 bits per heavy atom. The van der Waals surface area contributed by atoms with Crippen molar-refractivity contribution in [3.63, 3.8) is 0 Å². The van der Waals surface area contributed by atoms with Gasteiger partial charge in [0.15, 0.2) is 0 Å². The molecule has 0 fully saturated rings. The Bertz CT molecular complexity index is 216. The van der Waals surface area contributed by atoms with Crippen LogP contribution in [0.5, 0.6) is 0 Å². The molecule has 1 aromatic carbocycles. The molecule has 11 heavy (non-hydrogen) atoms. The average Bonchev–Trinajstić information content (AvgIpc) is 2.06. The van der Waals surface area contributed by atoms with Gasteiger partial charge in [0.25, 0.3) is 0 Å². The van der Waals surface area contributed by atoms with Crippen LogP contribution in [0.25, 0.3) is 0 Å². The predicted molar refractivity (Wildman–Crippen MR) is 52.0 cm³/mol. The fraction of sp³-hybridized carbons (Fsp3) is 0.200. The molecule has 0 aromatic heterocycles. The van der Waals surface area contributed by atoms with Crippen LogP contribution in [0.3, 0.4) is 0 Å². The highest BCUT2D eigenvalue weighted by molar-refractivity contribution is 6.62. The number of rotatable bonds is 3. The van der Waals surface area contributed by atoms with E-state index in [9.17, 15) is 0 Å². The second-order valence-corrected chi connectivity index (χ2v) is 5.17. The molecule has 0 saturated heterocycles. The van der Waals surface area contributed by atoms with Crippen molar-refractivity contribution in [3.05, 3.63) is 48.2 Å². The van der Waals surface area contributed by atoms with E-state index in [-0.39, 0.29) is 8.80 Å². The summed E-state index contributed by atoms with van der Waals surface area (Å²) in [5, 5.41) is 0. The summed E-state index contributed by atoms with van der Waals surface area (Å²) < 4.78 is 0. The molecule has 1 radical (unpaired) electrons. The van der Waals surface area contributed by atoms with E-state index < -0.39 is 0 Å². The third-order valence-electron chi connectivity index (χ3n) is 1.67. The summed E-state index contributed by atoms with van der Waals surface area (Å²) in [7, 11) is -0.317. The molecule has 57 valence electrons. The summed E-state index contributed by atoms with van der Waals surface area (Å²) in [6.07, 6.45) is 0. The maximum Gasteiger partial charge on any atom is 0.0762 e. The Kier molecular flexibility index (Phi) is 3.11. The van der Waals surface area contributed by atoms with Crippen LogP contribution >= 0.6 is 0 Å². The van der Waals surface area contributed by atoms with Gasteiger partial charge < -0.3 is 0 Å². The quantitative estimate of drug-likeness (QED) is 0.598. The van der Waals surface area contributed by atoms with Gasteiger partial charge in [-0.05, 0) is 6.04 Å². The van der Waals surface area contributed by atoms with Crippen molar-refractivity contribution in [2.75, 3.05) is 0 Å². The molecule has 0 unspecified atom stereocenters. The molecule has 0 saturated carbocycles. The first-order valence-corrected chi connectivity index (χ1v) is 6.10. The average molecular weight is 161 g/mol. The van der Waals surface area contributed by atoms with Crippen molar-refractivity contribution in [1.29, 1.82) is 0 Å². The van der Waals surface area contributed by atoms with E-state index in [1.54, 1.807) is 0 Å². The molecule has 0 nitrogen and oxygen atoms in total. The van der Waals surface area contributed by atoms with Crippen molar-refractivity contribution in [2.45, 2.75) is 12.6 Å². The first-order chi connectivity index (χ1) is 5.33. The van der Waals surface area contributed by atoms with E-state index in [0.717, 1.165) is 0 Å². The molecular formula is C10H13Si. The number of hydrogen-bond acceptors (Lipinski definition) is 0. The molecule has 0 bridgehead atoms. The molecular weight excluding hydrogens is 148 g/mol. The van der Waals surface area contributed by atoms with Crippen LogP contribution in [0.2, 0.25) is 6.55 Å². The molecule has 0 atom stereocenters. The van der Waals surface area contributed by atoms with Gasteiger partial charge >= 0.3 is 0 Å². The summed E-state index contributed by atoms with van der Waals surface area (Å²) in [6.45, 7) is 6.08. The van der Waals surface area contributed by atoms with Gasteiger partial charge in [-0.2, -0.15) is 0 Å². The molecule has 0 N–H and O–H groups in total. The maximum atomic E-state index is 3.80. The van der Waals surface area contributed by atoms with Gasteiger partial charge in [0.1, 0.15) is 0 Å². The Hall–Kier alpha value is -0.823. The Labute approximate surface area is 70.2 Å². The van der Waals surface area contributed by atoms with Gasteiger partial charge in [-0.1, -0.05) is 42.4 Å². The van der Waals surface area contributed by atoms with Gasteiger partial charge in [0.2, 0.25) is 0 Å². The van der Waals surface area contributed by atoms with E-state index in [4.69, 9.17) is 0 Å². The number of benzene rings is 1. The van der Waals surface area contributed by atoms with Crippen LogP contribution < -0.4 is 0 Å². The normalized spacial score (nSPS) is 10.0. The molecule has 1 aromatic rings. The third kappa shape index (κ3) is 2.72. The summed E-state index contributed by atoms with van der Waals surface area (Å²) in [6, 6.07) is 11.8. The summed E-state index contributed by atoms with van der Waals surface area (Å²) in [5.74, 6) is 0. The molecule has 0 spiro atoms. The van der Waals surface area contributed by atoms with Gasteiger partial charge in [-0.25, -0.2) is 0 Å². The van der Waals surface area contributed by atoms with Crippen molar-refractivity contribution in [1.82, 2.24) is 0 Å². The number of hydrogen-bond donors (Lipinski definition) is 0. The smallest absolute Gasteiger partial charge is 0.0762 e. The predicted octanol–water partition coefficient (Wildman–Crippen LogP) is 2.62. The minimum Gasteiger partial charge on any atom is -0.107 e. The fourth-order valence-electron chi connectivity index (χ4n) is 0.990. The fourth-order valence-corrected chi connectivity index (χ4v) is 2.01. The summed E-state index contributed by atoms with van der Waals surface area (Å²) in [5.41, 5.74) is 3.53. The SMILES string of the molecule is C=C[Si](C)Cc1ccccc1. The van der Waals surface area contributed by atoms with Crippen molar-refractivity contribution >= 4 is 8.80 Å².